The number of unbranched alkanes of at least 4 members (excludes halogenated alkanes) is 26. The lowest BCUT2D eigenvalue weighted by Gasteiger charge is -2.19. The summed E-state index contributed by atoms with van der Waals surface area (Å²) in [5, 5.41) is 0. The van der Waals surface area contributed by atoms with Crippen molar-refractivity contribution >= 4 is 24.6 Å². The molecule has 338 valence electrons. The lowest BCUT2D eigenvalue weighted by Crippen LogP contribution is -2.11. The average molecular weight is 838 g/mol. The fourth-order valence-corrected chi connectivity index (χ4v) is 8.64. The minimum Gasteiger partial charge on any atom is -0.382 e. The summed E-state index contributed by atoms with van der Waals surface area (Å²) in [5.74, 6) is 0.336. The van der Waals surface area contributed by atoms with Crippen LogP contribution >= 0.6 is 7.60 Å². The van der Waals surface area contributed by atoms with E-state index in [9.17, 15) is 4.57 Å². The molecule has 0 aliphatic rings. The third-order valence-electron chi connectivity index (χ3n) is 10.9. The number of hydrogen-bond acceptors (Lipinski definition) is 10. The Morgan fingerprint density at radius 1 is 0.483 bits per heavy atom. The van der Waals surface area contributed by atoms with Crippen molar-refractivity contribution in [2.24, 2.45) is 0 Å². The van der Waals surface area contributed by atoms with E-state index in [0.717, 1.165) is 26.1 Å². The van der Waals surface area contributed by atoms with Gasteiger partial charge in [-0.2, -0.15) is 0 Å². The predicted molar refractivity (Wildman–Crippen MR) is 242 cm³/mol. The summed E-state index contributed by atoms with van der Waals surface area (Å²) in [7, 11) is -3.47. The van der Waals surface area contributed by atoms with Crippen LogP contribution < -0.4 is 5.73 Å². The number of aromatic nitrogens is 4. The minimum absolute atomic E-state index is 0.128. The van der Waals surface area contributed by atoms with Crippen LogP contribution in [-0.2, 0) is 34.4 Å². The molecule has 2 N–H and O–H groups in total. The van der Waals surface area contributed by atoms with Gasteiger partial charge < -0.3 is 33.6 Å². The molecule has 0 aliphatic carbocycles. The third kappa shape index (κ3) is 28.8. The molecule has 0 aromatic carbocycles. The lowest BCUT2D eigenvalue weighted by atomic mass is 10.0. The van der Waals surface area contributed by atoms with Gasteiger partial charge in [0, 0.05) is 33.0 Å². The van der Waals surface area contributed by atoms with Crippen molar-refractivity contribution in [1.29, 1.82) is 0 Å². The number of nitrogens with zero attached hydrogens (tertiary/aromatic N) is 4. The van der Waals surface area contributed by atoms with Gasteiger partial charge in [-0.15, -0.1) is 0 Å². The Bertz CT molecular complexity index is 1190. The summed E-state index contributed by atoms with van der Waals surface area (Å²) in [5.41, 5.74) is 7.11. The second kappa shape index (κ2) is 38.3. The molecule has 11 nitrogen and oxygen atoms in total. The largest absolute Gasteiger partial charge is 0.382 e. The zero-order chi connectivity index (χ0) is 41.5. The van der Waals surface area contributed by atoms with Crippen molar-refractivity contribution < 1.29 is 27.8 Å². The van der Waals surface area contributed by atoms with Crippen LogP contribution in [0.15, 0.2) is 12.7 Å². The fraction of sp³-hybridized carbons (Fsp3) is 0.891. The van der Waals surface area contributed by atoms with Crippen molar-refractivity contribution in [3.8, 4) is 0 Å². The van der Waals surface area contributed by atoms with Gasteiger partial charge >= 0.3 is 7.60 Å². The van der Waals surface area contributed by atoms with Gasteiger partial charge in [0.1, 0.15) is 18.2 Å². The van der Waals surface area contributed by atoms with Crippen molar-refractivity contribution in [3.05, 3.63) is 12.7 Å². The Balaban J connectivity index is 1.53. The Labute approximate surface area is 355 Å². The van der Waals surface area contributed by atoms with E-state index in [-0.39, 0.29) is 26.2 Å². The molecule has 0 saturated heterocycles. The molecule has 0 amide bonds. The standard InChI is InChI=1S/C46H88N5O6P/c1-3-5-7-9-11-13-15-17-19-21-23-25-27-29-34-53-36-31-38-56-58(52,43-55-40-33-51-42-50-44-45(47)48-41-49-46(44)51)57-39-32-37-54-35-30-28-26-24-22-20-18-16-14-12-10-8-6-4-2/h41-42H,3-40,43H2,1-2H3,(H2,47,48,49). The van der Waals surface area contributed by atoms with Gasteiger partial charge in [0.05, 0.1) is 26.1 Å². The Morgan fingerprint density at radius 2 is 0.879 bits per heavy atom. The highest BCUT2D eigenvalue weighted by Gasteiger charge is 2.25. The highest BCUT2D eigenvalue weighted by atomic mass is 31.2. The average Bonchev–Trinajstić information content (AvgIpc) is 3.65. The van der Waals surface area contributed by atoms with Gasteiger partial charge in [-0.3, -0.25) is 4.57 Å². The number of nitrogens with two attached hydrogens (primary N) is 1. The van der Waals surface area contributed by atoms with Crippen LogP contribution in [-0.4, -0.2) is 72.1 Å². The van der Waals surface area contributed by atoms with Gasteiger partial charge in [-0.25, -0.2) is 15.0 Å². The van der Waals surface area contributed by atoms with E-state index in [2.05, 4.69) is 28.8 Å². The smallest absolute Gasteiger partial charge is 0.356 e. The molecular formula is C46H88N5O6P. The molecule has 2 heterocycles. The second-order valence-corrected chi connectivity index (χ2v) is 18.3. The monoisotopic (exact) mass is 838 g/mol. The quantitative estimate of drug-likeness (QED) is 0.0507. The molecule has 0 radical (unpaired) electrons. The maximum absolute atomic E-state index is 13.7. The zero-order valence-electron chi connectivity index (χ0n) is 37.5. The van der Waals surface area contributed by atoms with E-state index >= 15 is 0 Å². The molecule has 0 saturated carbocycles. The maximum atomic E-state index is 13.7. The summed E-state index contributed by atoms with van der Waals surface area (Å²) in [6, 6.07) is 0. The van der Waals surface area contributed by atoms with E-state index in [1.807, 2.05) is 4.57 Å². The summed E-state index contributed by atoms with van der Waals surface area (Å²) in [4.78, 5) is 12.6. The molecule has 0 fully saturated rings. The molecule has 0 atom stereocenters. The predicted octanol–water partition coefficient (Wildman–Crippen LogP) is 13.4. The minimum atomic E-state index is -3.47. The number of rotatable bonds is 45. The molecule has 0 unspecified atom stereocenters. The first kappa shape index (κ1) is 52.5. The molecule has 0 spiro atoms. The fourth-order valence-electron chi connectivity index (χ4n) is 7.24. The number of imidazole rings is 1. The molecule has 58 heavy (non-hydrogen) atoms. The Morgan fingerprint density at radius 3 is 1.31 bits per heavy atom. The highest BCUT2D eigenvalue weighted by Crippen LogP contribution is 2.48. The van der Waals surface area contributed by atoms with Gasteiger partial charge in [-0.05, 0) is 25.7 Å². The van der Waals surface area contributed by atoms with Gasteiger partial charge in [0.2, 0.25) is 0 Å². The molecule has 2 aromatic rings. The topological polar surface area (TPSA) is 133 Å². The van der Waals surface area contributed by atoms with E-state index in [1.165, 1.54) is 173 Å². The van der Waals surface area contributed by atoms with Crippen LogP contribution in [0, 0.1) is 0 Å². The SMILES string of the molecule is CCCCCCCCCCCCCCCCOCCCOP(=O)(COCCn1cnc2c(N)ncnc21)OCCCOCCCCCCCCCCCCCCCC. The van der Waals surface area contributed by atoms with E-state index < -0.39 is 7.60 Å². The Hall–Kier alpha value is -1.62. The maximum Gasteiger partial charge on any atom is 0.356 e. The first-order valence-electron chi connectivity index (χ1n) is 24.1. The van der Waals surface area contributed by atoms with Crippen molar-refractivity contribution in [2.75, 3.05) is 58.3 Å². The van der Waals surface area contributed by atoms with Crippen molar-refractivity contribution in [2.45, 2.75) is 213 Å². The van der Waals surface area contributed by atoms with Gasteiger partial charge in [0.15, 0.2) is 11.5 Å². The van der Waals surface area contributed by atoms with E-state index in [1.54, 1.807) is 6.33 Å². The molecular weight excluding hydrogens is 750 g/mol. The van der Waals surface area contributed by atoms with Crippen LogP contribution in [0.3, 0.4) is 0 Å². The highest BCUT2D eigenvalue weighted by molar-refractivity contribution is 7.53. The number of fused-ring (bicyclic) bond motifs is 1. The summed E-state index contributed by atoms with van der Waals surface area (Å²) in [6.07, 6.45) is 41.9. The number of ether oxygens (including phenoxy) is 3. The second-order valence-electron chi connectivity index (χ2n) is 16.3. The van der Waals surface area contributed by atoms with E-state index in [4.69, 9.17) is 29.0 Å². The first-order chi connectivity index (χ1) is 28.6. The van der Waals surface area contributed by atoms with E-state index in [0.29, 0.717) is 49.6 Å². The summed E-state index contributed by atoms with van der Waals surface area (Å²) in [6.45, 7) is 8.56. The van der Waals surface area contributed by atoms with Crippen LogP contribution in [0.4, 0.5) is 5.82 Å². The molecule has 2 rings (SSSR count). The summed E-state index contributed by atoms with van der Waals surface area (Å²) >= 11 is 0. The van der Waals surface area contributed by atoms with Crippen LogP contribution in [0.2, 0.25) is 0 Å². The Kier molecular flexibility index (Phi) is 34.7. The first-order valence-corrected chi connectivity index (χ1v) is 25.8. The molecule has 12 heteroatoms. The van der Waals surface area contributed by atoms with Crippen LogP contribution in [0.1, 0.15) is 206 Å². The third-order valence-corrected chi connectivity index (χ3v) is 12.5. The zero-order valence-corrected chi connectivity index (χ0v) is 38.4. The molecule has 0 aliphatic heterocycles. The van der Waals surface area contributed by atoms with Gasteiger partial charge in [-0.1, -0.05) is 181 Å². The summed E-state index contributed by atoms with van der Waals surface area (Å²) < 4.78 is 44.8. The van der Waals surface area contributed by atoms with Gasteiger partial charge in [0.25, 0.3) is 0 Å². The number of anilines is 1. The van der Waals surface area contributed by atoms with Crippen molar-refractivity contribution in [3.63, 3.8) is 0 Å². The van der Waals surface area contributed by atoms with Crippen LogP contribution in [0.5, 0.6) is 0 Å². The number of nitrogen functional groups attached to an aromatic ring is 1. The van der Waals surface area contributed by atoms with Crippen LogP contribution in [0.25, 0.3) is 11.2 Å². The molecule has 2 aromatic heterocycles. The molecule has 0 bridgehead atoms. The van der Waals surface area contributed by atoms with Crippen molar-refractivity contribution in [1.82, 2.24) is 19.5 Å². The number of hydrogen-bond donors (Lipinski definition) is 1. The lowest BCUT2D eigenvalue weighted by molar-refractivity contribution is 0.0901. The normalized spacial score (nSPS) is 12.0.